The average Bonchev–Trinajstić information content (AvgIpc) is 2.21. The van der Waals surface area contributed by atoms with Crippen molar-refractivity contribution in [3.05, 3.63) is 0 Å². The molecule has 1 unspecified atom stereocenters. The van der Waals surface area contributed by atoms with Gasteiger partial charge in [-0.2, -0.15) is 0 Å². The van der Waals surface area contributed by atoms with E-state index in [0.29, 0.717) is 16.2 Å². The first kappa shape index (κ1) is 23.0. The summed E-state index contributed by atoms with van der Waals surface area (Å²) in [7, 11) is 0. The second kappa shape index (κ2) is 7.89. The van der Waals surface area contributed by atoms with Gasteiger partial charge in [0.25, 0.3) is 0 Å². The lowest BCUT2D eigenvalue weighted by Gasteiger charge is -2.48. The second-order valence-corrected chi connectivity index (χ2v) is 11.8. The van der Waals surface area contributed by atoms with E-state index in [1.165, 1.54) is 32.4 Å². The van der Waals surface area contributed by atoms with Crippen molar-refractivity contribution >= 4 is 0 Å². The van der Waals surface area contributed by atoms with Crippen LogP contribution in [0.25, 0.3) is 0 Å². The first-order valence-corrected chi connectivity index (χ1v) is 9.72. The summed E-state index contributed by atoms with van der Waals surface area (Å²) < 4.78 is 0. The third-order valence-corrected chi connectivity index (χ3v) is 4.70. The summed E-state index contributed by atoms with van der Waals surface area (Å²) in [6.45, 7) is 31.1. The Kier molecular flexibility index (Phi) is 7.88. The lowest BCUT2D eigenvalue weighted by atomic mass is 9.76. The van der Waals surface area contributed by atoms with Crippen molar-refractivity contribution < 1.29 is 0 Å². The van der Waals surface area contributed by atoms with Crippen molar-refractivity contribution in [1.29, 1.82) is 0 Å². The molecule has 0 heterocycles. The number of hydrogen-bond donors (Lipinski definition) is 0. The fourth-order valence-electron chi connectivity index (χ4n) is 4.14. The maximum Gasteiger partial charge on any atom is 0.0158 e. The van der Waals surface area contributed by atoms with Gasteiger partial charge in [-0.05, 0) is 48.9 Å². The SMILES string of the molecule is CCC(C)CC(C)(C)CN(CC(C)(C)C)C(C)(C)CC(C)(C)C. The minimum absolute atomic E-state index is 0.234. The smallest absolute Gasteiger partial charge is 0.0158 e. The first-order chi connectivity index (χ1) is 9.97. The van der Waals surface area contributed by atoms with Crippen LogP contribution in [-0.2, 0) is 0 Å². The molecule has 23 heavy (non-hydrogen) atoms. The zero-order chi connectivity index (χ0) is 18.7. The molecule has 0 rings (SSSR count). The standard InChI is InChI=1S/C22H47N/c1-13-18(2)14-21(9,10)17-23(16-20(6,7)8)22(11,12)15-19(3,4)5/h18H,13-17H2,1-12H3. The van der Waals surface area contributed by atoms with Crippen LogP contribution in [0.15, 0.2) is 0 Å². The zero-order valence-corrected chi connectivity index (χ0v) is 18.6. The van der Waals surface area contributed by atoms with E-state index in [1.807, 2.05) is 0 Å². The molecule has 0 bridgehead atoms. The Morgan fingerprint density at radius 2 is 1.22 bits per heavy atom. The molecule has 0 aromatic heterocycles. The van der Waals surface area contributed by atoms with E-state index in [1.54, 1.807) is 0 Å². The predicted octanol–water partition coefficient (Wildman–Crippen LogP) is 7.01. The monoisotopic (exact) mass is 325 g/mol. The summed E-state index contributed by atoms with van der Waals surface area (Å²) in [5, 5.41) is 0. The van der Waals surface area contributed by atoms with Crippen LogP contribution in [0.2, 0.25) is 0 Å². The molecule has 0 N–H and O–H groups in total. The van der Waals surface area contributed by atoms with Gasteiger partial charge in [0, 0.05) is 18.6 Å². The summed E-state index contributed by atoms with van der Waals surface area (Å²) in [5.41, 5.74) is 1.30. The third-order valence-electron chi connectivity index (χ3n) is 4.70. The molecule has 0 aliphatic carbocycles. The van der Waals surface area contributed by atoms with Gasteiger partial charge in [0.2, 0.25) is 0 Å². The molecule has 140 valence electrons. The number of hydrogen-bond acceptors (Lipinski definition) is 1. The highest BCUT2D eigenvalue weighted by atomic mass is 15.2. The summed E-state index contributed by atoms with van der Waals surface area (Å²) >= 11 is 0. The molecule has 0 radical (unpaired) electrons. The maximum absolute atomic E-state index is 2.78. The van der Waals surface area contributed by atoms with Gasteiger partial charge >= 0.3 is 0 Å². The van der Waals surface area contributed by atoms with Gasteiger partial charge < -0.3 is 0 Å². The van der Waals surface area contributed by atoms with Crippen LogP contribution >= 0.6 is 0 Å². The van der Waals surface area contributed by atoms with E-state index in [4.69, 9.17) is 0 Å². The molecule has 0 amide bonds. The average molecular weight is 326 g/mol. The Hall–Kier alpha value is -0.0400. The maximum atomic E-state index is 2.78. The van der Waals surface area contributed by atoms with Gasteiger partial charge in [-0.1, -0.05) is 75.7 Å². The minimum atomic E-state index is 0.234. The van der Waals surface area contributed by atoms with E-state index in [2.05, 4.69) is 88.0 Å². The lowest BCUT2D eigenvalue weighted by molar-refractivity contribution is 0.0118. The first-order valence-electron chi connectivity index (χ1n) is 9.72. The molecule has 0 aromatic rings. The minimum Gasteiger partial charge on any atom is -0.297 e. The van der Waals surface area contributed by atoms with Crippen molar-refractivity contribution in [2.24, 2.45) is 22.2 Å². The van der Waals surface area contributed by atoms with E-state index in [0.717, 1.165) is 5.92 Å². The zero-order valence-electron chi connectivity index (χ0n) is 18.6. The Labute approximate surface area is 148 Å². The van der Waals surface area contributed by atoms with Crippen LogP contribution in [0, 0.1) is 22.2 Å². The van der Waals surface area contributed by atoms with Crippen LogP contribution in [0.5, 0.6) is 0 Å². The molecular formula is C22H47N. The molecule has 0 fully saturated rings. The summed E-state index contributed by atoms with van der Waals surface area (Å²) in [5.74, 6) is 0.812. The molecule has 0 aliphatic heterocycles. The summed E-state index contributed by atoms with van der Waals surface area (Å²) in [6, 6.07) is 0. The molecule has 0 saturated heterocycles. The Morgan fingerprint density at radius 1 is 0.739 bits per heavy atom. The summed E-state index contributed by atoms with van der Waals surface area (Å²) in [4.78, 5) is 2.78. The second-order valence-electron chi connectivity index (χ2n) is 11.8. The van der Waals surface area contributed by atoms with Crippen LogP contribution in [-0.4, -0.2) is 23.5 Å². The van der Waals surface area contributed by atoms with E-state index >= 15 is 0 Å². The normalized spacial score (nSPS) is 16.0. The van der Waals surface area contributed by atoms with Crippen LogP contribution < -0.4 is 0 Å². The Morgan fingerprint density at radius 3 is 1.57 bits per heavy atom. The molecule has 0 aliphatic rings. The molecular weight excluding hydrogens is 278 g/mol. The third kappa shape index (κ3) is 10.4. The molecule has 1 nitrogen and oxygen atoms in total. The highest BCUT2D eigenvalue weighted by molar-refractivity contribution is 4.91. The number of nitrogens with zero attached hydrogens (tertiary/aromatic N) is 1. The van der Waals surface area contributed by atoms with E-state index in [9.17, 15) is 0 Å². The van der Waals surface area contributed by atoms with Gasteiger partial charge in [0.1, 0.15) is 0 Å². The van der Waals surface area contributed by atoms with Gasteiger partial charge in [0.05, 0.1) is 0 Å². The van der Waals surface area contributed by atoms with Crippen LogP contribution in [0.3, 0.4) is 0 Å². The van der Waals surface area contributed by atoms with Crippen molar-refractivity contribution in [3.63, 3.8) is 0 Å². The van der Waals surface area contributed by atoms with Crippen molar-refractivity contribution in [3.8, 4) is 0 Å². The fraction of sp³-hybridized carbons (Fsp3) is 1.00. The highest BCUT2D eigenvalue weighted by Crippen LogP contribution is 2.37. The van der Waals surface area contributed by atoms with Gasteiger partial charge in [0.15, 0.2) is 0 Å². The summed E-state index contributed by atoms with van der Waals surface area (Å²) in [6.07, 6.45) is 3.83. The van der Waals surface area contributed by atoms with Crippen LogP contribution in [0.4, 0.5) is 0 Å². The molecule has 0 spiro atoms. The Bertz CT molecular complexity index is 338. The lowest BCUT2D eigenvalue weighted by Crippen LogP contribution is -2.52. The number of rotatable bonds is 8. The van der Waals surface area contributed by atoms with Crippen molar-refractivity contribution in [1.82, 2.24) is 4.90 Å². The van der Waals surface area contributed by atoms with Gasteiger partial charge in [-0.15, -0.1) is 0 Å². The predicted molar refractivity (Wildman–Crippen MR) is 107 cm³/mol. The highest BCUT2D eigenvalue weighted by Gasteiger charge is 2.36. The molecule has 1 heteroatoms. The van der Waals surface area contributed by atoms with Gasteiger partial charge in [-0.25, -0.2) is 0 Å². The molecule has 1 atom stereocenters. The van der Waals surface area contributed by atoms with Crippen molar-refractivity contribution in [2.75, 3.05) is 13.1 Å². The van der Waals surface area contributed by atoms with Crippen molar-refractivity contribution in [2.45, 2.75) is 108 Å². The topological polar surface area (TPSA) is 3.24 Å². The Balaban J connectivity index is 5.30. The quantitative estimate of drug-likeness (QED) is 0.464. The molecule has 0 aromatic carbocycles. The van der Waals surface area contributed by atoms with Crippen LogP contribution in [0.1, 0.15) is 102 Å². The molecule has 0 saturated carbocycles. The van der Waals surface area contributed by atoms with Gasteiger partial charge in [-0.3, -0.25) is 4.90 Å². The largest absolute Gasteiger partial charge is 0.297 e. The van der Waals surface area contributed by atoms with E-state index < -0.39 is 0 Å². The fourth-order valence-corrected chi connectivity index (χ4v) is 4.14. The van der Waals surface area contributed by atoms with E-state index in [-0.39, 0.29) is 5.54 Å².